The zero-order chi connectivity index (χ0) is 21.1. The van der Waals surface area contributed by atoms with Gasteiger partial charge in [-0.2, -0.15) is 0 Å². The Labute approximate surface area is 175 Å². The largest absolute Gasteiger partial charge is 0.497 e. The van der Waals surface area contributed by atoms with E-state index in [0.29, 0.717) is 31.2 Å². The van der Waals surface area contributed by atoms with E-state index >= 15 is 0 Å². The van der Waals surface area contributed by atoms with E-state index in [9.17, 15) is 9.18 Å². The minimum absolute atomic E-state index is 0.0865. The molecule has 0 spiro atoms. The van der Waals surface area contributed by atoms with Gasteiger partial charge in [0.2, 0.25) is 5.91 Å². The molecule has 2 aliphatic rings. The quantitative estimate of drug-likeness (QED) is 0.647. The van der Waals surface area contributed by atoms with Crippen molar-refractivity contribution in [1.82, 2.24) is 10.9 Å². The lowest BCUT2D eigenvalue weighted by Crippen LogP contribution is -2.33. The maximum atomic E-state index is 14.2. The van der Waals surface area contributed by atoms with E-state index in [1.807, 2.05) is 25.1 Å². The second kappa shape index (κ2) is 8.89. The van der Waals surface area contributed by atoms with Crippen molar-refractivity contribution in [2.75, 3.05) is 43.6 Å². The molecule has 8 heteroatoms. The molecule has 160 valence electrons. The normalized spacial score (nSPS) is 19.4. The van der Waals surface area contributed by atoms with Crippen molar-refractivity contribution in [1.29, 1.82) is 0 Å². The van der Waals surface area contributed by atoms with Crippen molar-refractivity contribution in [2.45, 2.75) is 25.3 Å². The molecule has 1 amide bonds. The summed E-state index contributed by atoms with van der Waals surface area (Å²) in [6.45, 7) is 4.72. The van der Waals surface area contributed by atoms with E-state index in [1.54, 1.807) is 17.0 Å². The number of anilines is 2. The lowest BCUT2D eigenvalue weighted by molar-refractivity contribution is -0.117. The van der Waals surface area contributed by atoms with Gasteiger partial charge in [0.15, 0.2) is 0 Å². The van der Waals surface area contributed by atoms with Crippen molar-refractivity contribution in [3.63, 3.8) is 0 Å². The summed E-state index contributed by atoms with van der Waals surface area (Å²) in [6.07, 6.45) is 0.581. The third-order valence-electron chi connectivity index (χ3n) is 5.58. The highest BCUT2D eigenvalue weighted by Crippen LogP contribution is 2.34. The molecule has 1 unspecified atom stereocenters. The van der Waals surface area contributed by atoms with Crippen LogP contribution >= 0.6 is 0 Å². The van der Waals surface area contributed by atoms with Crippen molar-refractivity contribution < 1.29 is 18.7 Å². The molecule has 1 atom stereocenters. The first-order valence-electron chi connectivity index (χ1n) is 10.2. The van der Waals surface area contributed by atoms with Crippen LogP contribution in [-0.2, 0) is 4.79 Å². The lowest BCUT2D eigenvalue weighted by Gasteiger charge is -2.21. The molecule has 0 aliphatic carbocycles. The standard InChI is InChI=1S/C22H27FN4O3/c1-3-30-21-10-15(4-6-17(21)14-12-24-25-13-14)27-9-8-19(22(27)28)26-20-11-16(29-2)5-7-18(20)23/h4-7,10-11,14,19,24-26H,3,8-9,12-13H2,1-2H3. The molecule has 3 N–H and O–H groups in total. The molecule has 2 saturated heterocycles. The summed E-state index contributed by atoms with van der Waals surface area (Å²) in [5.41, 5.74) is 8.46. The third-order valence-corrected chi connectivity index (χ3v) is 5.58. The SMILES string of the molecule is CCOc1cc(N2CCC(Nc3cc(OC)ccc3F)C2=O)ccc1C1CNNC1. The Morgan fingerprint density at radius 3 is 2.73 bits per heavy atom. The Bertz CT molecular complexity index is 917. The fourth-order valence-corrected chi connectivity index (χ4v) is 3.99. The van der Waals surface area contributed by atoms with Gasteiger partial charge in [-0.3, -0.25) is 15.6 Å². The van der Waals surface area contributed by atoms with E-state index < -0.39 is 11.9 Å². The molecule has 2 aliphatic heterocycles. The summed E-state index contributed by atoms with van der Waals surface area (Å²) in [6, 6.07) is 9.89. The summed E-state index contributed by atoms with van der Waals surface area (Å²) >= 11 is 0. The highest BCUT2D eigenvalue weighted by Gasteiger charge is 2.33. The summed E-state index contributed by atoms with van der Waals surface area (Å²) in [5, 5.41) is 3.04. The second-order valence-electron chi connectivity index (χ2n) is 7.44. The molecule has 0 radical (unpaired) electrons. The van der Waals surface area contributed by atoms with Gasteiger partial charge in [-0.1, -0.05) is 6.07 Å². The molecule has 2 fully saturated rings. The number of nitrogens with zero attached hydrogens (tertiary/aromatic N) is 1. The Balaban J connectivity index is 1.52. The topological polar surface area (TPSA) is 74.9 Å². The molecule has 0 saturated carbocycles. The van der Waals surface area contributed by atoms with Crippen molar-refractivity contribution in [2.24, 2.45) is 0 Å². The fraction of sp³-hybridized carbons (Fsp3) is 0.409. The maximum Gasteiger partial charge on any atom is 0.249 e. The van der Waals surface area contributed by atoms with Gasteiger partial charge in [0, 0.05) is 48.9 Å². The summed E-state index contributed by atoms with van der Waals surface area (Å²) in [4.78, 5) is 14.8. The molecule has 0 aromatic heterocycles. The number of rotatable bonds is 7. The van der Waals surface area contributed by atoms with Gasteiger partial charge in [-0.05, 0) is 31.5 Å². The van der Waals surface area contributed by atoms with E-state index in [-0.39, 0.29) is 11.6 Å². The Morgan fingerprint density at radius 1 is 1.20 bits per heavy atom. The number of amides is 1. The number of ether oxygens (including phenoxy) is 2. The number of nitrogens with one attached hydrogen (secondary N) is 3. The number of benzene rings is 2. The van der Waals surface area contributed by atoms with Crippen LogP contribution in [0.15, 0.2) is 36.4 Å². The molecule has 30 heavy (non-hydrogen) atoms. The van der Waals surface area contributed by atoms with Crippen molar-refractivity contribution in [3.8, 4) is 11.5 Å². The minimum atomic E-state index is -0.495. The number of hydrogen-bond donors (Lipinski definition) is 3. The predicted molar refractivity (Wildman–Crippen MR) is 114 cm³/mol. The van der Waals surface area contributed by atoms with Crippen LogP contribution in [0.1, 0.15) is 24.8 Å². The van der Waals surface area contributed by atoms with Crippen LogP contribution in [0.25, 0.3) is 0 Å². The van der Waals surface area contributed by atoms with Gasteiger partial charge in [0.05, 0.1) is 19.4 Å². The molecule has 0 bridgehead atoms. The highest BCUT2D eigenvalue weighted by molar-refractivity contribution is 6.01. The van der Waals surface area contributed by atoms with Crippen molar-refractivity contribution >= 4 is 17.3 Å². The molecule has 2 aromatic carbocycles. The number of methoxy groups -OCH3 is 1. The van der Waals surface area contributed by atoms with Crippen LogP contribution in [0, 0.1) is 5.82 Å². The van der Waals surface area contributed by atoms with Crippen LogP contribution in [0.3, 0.4) is 0 Å². The second-order valence-corrected chi connectivity index (χ2v) is 7.44. The van der Waals surface area contributed by atoms with E-state index in [1.165, 1.54) is 13.2 Å². The zero-order valence-electron chi connectivity index (χ0n) is 17.2. The third kappa shape index (κ3) is 4.06. The van der Waals surface area contributed by atoms with E-state index in [4.69, 9.17) is 9.47 Å². The molecule has 4 rings (SSSR count). The fourth-order valence-electron chi connectivity index (χ4n) is 3.99. The van der Waals surface area contributed by atoms with Crippen molar-refractivity contribution in [3.05, 3.63) is 47.8 Å². The lowest BCUT2D eigenvalue weighted by atomic mass is 9.98. The molecule has 7 nitrogen and oxygen atoms in total. The van der Waals surface area contributed by atoms with Crippen LogP contribution in [0.5, 0.6) is 11.5 Å². The summed E-state index contributed by atoms with van der Waals surface area (Å²) in [5.74, 6) is 1.16. The zero-order valence-corrected chi connectivity index (χ0v) is 17.2. The van der Waals surface area contributed by atoms with Gasteiger partial charge in [0.25, 0.3) is 0 Å². The smallest absolute Gasteiger partial charge is 0.249 e. The number of carbonyl (C=O) groups excluding carboxylic acids is 1. The summed E-state index contributed by atoms with van der Waals surface area (Å²) in [7, 11) is 1.52. The van der Waals surface area contributed by atoms with Gasteiger partial charge in [-0.15, -0.1) is 0 Å². The Hall–Kier alpha value is -2.84. The highest BCUT2D eigenvalue weighted by atomic mass is 19.1. The molecule has 2 aromatic rings. The average Bonchev–Trinajstić information content (AvgIpc) is 3.41. The first-order chi connectivity index (χ1) is 14.6. The monoisotopic (exact) mass is 414 g/mol. The first kappa shape index (κ1) is 20.4. The number of hydrazine groups is 1. The molecule has 2 heterocycles. The van der Waals surface area contributed by atoms with Gasteiger partial charge >= 0.3 is 0 Å². The van der Waals surface area contributed by atoms with Crippen LogP contribution in [0.4, 0.5) is 15.8 Å². The number of halogens is 1. The Kier molecular flexibility index (Phi) is 6.06. The van der Waals surface area contributed by atoms with Crippen LogP contribution < -0.4 is 30.5 Å². The maximum absolute atomic E-state index is 14.2. The summed E-state index contributed by atoms with van der Waals surface area (Å²) < 4.78 is 25.2. The molecular formula is C22H27FN4O3. The van der Waals surface area contributed by atoms with Gasteiger partial charge in [-0.25, -0.2) is 4.39 Å². The van der Waals surface area contributed by atoms with Gasteiger partial charge < -0.3 is 19.7 Å². The van der Waals surface area contributed by atoms with E-state index in [2.05, 4.69) is 16.2 Å². The molecular weight excluding hydrogens is 387 g/mol. The number of carbonyl (C=O) groups is 1. The van der Waals surface area contributed by atoms with Gasteiger partial charge in [0.1, 0.15) is 23.4 Å². The minimum Gasteiger partial charge on any atom is -0.497 e. The van der Waals surface area contributed by atoms with Crippen LogP contribution in [0.2, 0.25) is 0 Å². The number of hydrogen-bond acceptors (Lipinski definition) is 6. The Morgan fingerprint density at radius 2 is 2.00 bits per heavy atom. The predicted octanol–water partition coefficient (Wildman–Crippen LogP) is 2.64. The van der Waals surface area contributed by atoms with E-state index in [0.717, 1.165) is 30.1 Å². The van der Waals surface area contributed by atoms with Crippen LogP contribution in [-0.4, -0.2) is 45.3 Å². The average molecular weight is 414 g/mol. The first-order valence-corrected chi connectivity index (χ1v) is 10.2.